The quantitative estimate of drug-likeness (QED) is 0.439. The van der Waals surface area contributed by atoms with Gasteiger partial charge in [0.05, 0.1) is 18.2 Å². The molecule has 6 nitrogen and oxygen atoms in total. The van der Waals surface area contributed by atoms with Gasteiger partial charge in [-0.2, -0.15) is 0 Å². The van der Waals surface area contributed by atoms with E-state index in [1.54, 1.807) is 30.3 Å². The highest BCUT2D eigenvalue weighted by molar-refractivity contribution is 5.71. The number of para-hydroxylation sites is 1. The van der Waals surface area contributed by atoms with E-state index in [9.17, 15) is 9.90 Å². The number of rotatable bonds is 7. The first-order valence-electron chi connectivity index (χ1n) is 8.26. The average Bonchev–Trinajstić information content (AvgIpc) is 2.62. The molecule has 2 aromatic carbocycles. The van der Waals surface area contributed by atoms with Gasteiger partial charge in [0.15, 0.2) is 0 Å². The number of phenols is 1. The Labute approximate surface area is 147 Å². The minimum absolute atomic E-state index is 0.0265. The number of anilines is 1. The molecule has 1 atom stereocenters. The monoisotopic (exact) mass is 341 g/mol. The molecular formula is C19H23N3O3. The third-order valence-electron chi connectivity index (χ3n) is 3.89. The highest BCUT2D eigenvalue weighted by atomic mass is 16.5. The van der Waals surface area contributed by atoms with Gasteiger partial charge in [0.25, 0.3) is 0 Å². The van der Waals surface area contributed by atoms with Gasteiger partial charge in [-0.05, 0) is 36.2 Å². The molecule has 0 amide bonds. The van der Waals surface area contributed by atoms with Crippen molar-refractivity contribution in [2.75, 3.05) is 12.3 Å². The first-order valence-corrected chi connectivity index (χ1v) is 8.26. The minimum atomic E-state index is -0.194. The summed E-state index contributed by atoms with van der Waals surface area (Å²) in [6, 6.07) is 12.1. The van der Waals surface area contributed by atoms with Crippen LogP contribution in [-0.2, 0) is 16.0 Å². The number of aromatic hydroxyl groups is 1. The second-order valence-electron chi connectivity index (χ2n) is 5.81. The Morgan fingerprint density at radius 2 is 1.92 bits per heavy atom. The maximum absolute atomic E-state index is 11.7. The topological polar surface area (TPSA) is 97.3 Å². The van der Waals surface area contributed by atoms with E-state index in [-0.39, 0.29) is 24.2 Å². The minimum Gasteiger partial charge on any atom is -0.506 e. The van der Waals surface area contributed by atoms with Gasteiger partial charge in [0, 0.05) is 6.42 Å². The molecule has 3 N–H and O–H groups in total. The second-order valence-corrected chi connectivity index (χ2v) is 5.81. The lowest BCUT2D eigenvalue weighted by Gasteiger charge is -2.09. The summed E-state index contributed by atoms with van der Waals surface area (Å²) >= 11 is 0. The van der Waals surface area contributed by atoms with Crippen molar-refractivity contribution >= 4 is 23.0 Å². The molecule has 0 fully saturated rings. The van der Waals surface area contributed by atoms with Crippen molar-refractivity contribution in [2.24, 2.45) is 16.1 Å². The molecule has 0 spiro atoms. The number of nitrogens with zero attached hydrogens (tertiary/aromatic N) is 2. The van der Waals surface area contributed by atoms with E-state index >= 15 is 0 Å². The summed E-state index contributed by atoms with van der Waals surface area (Å²) in [6.45, 7) is 4.08. The van der Waals surface area contributed by atoms with Crippen LogP contribution in [0.15, 0.2) is 52.7 Å². The number of azo groups is 1. The molecule has 0 aliphatic heterocycles. The van der Waals surface area contributed by atoms with Crippen LogP contribution < -0.4 is 5.73 Å². The summed E-state index contributed by atoms with van der Waals surface area (Å²) in [5.74, 6) is -0.264. The average molecular weight is 341 g/mol. The molecule has 25 heavy (non-hydrogen) atoms. The molecule has 2 aromatic rings. The fourth-order valence-corrected chi connectivity index (χ4v) is 2.07. The summed E-state index contributed by atoms with van der Waals surface area (Å²) in [4.78, 5) is 11.7. The number of nitrogens with two attached hydrogens (primary N) is 1. The molecule has 6 heteroatoms. The van der Waals surface area contributed by atoms with Crippen molar-refractivity contribution in [1.29, 1.82) is 0 Å². The Morgan fingerprint density at radius 3 is 2.64 bits per heavy atom. The lowest BCUT2D eigenvalue weighted by molar-refractivity contribution is -0.147. The van der Waals surface area contributed by atoms with Gasteiger partial charge in [0.1, 0.15) is 17.1 Å². The van der Waals surface area contributed by atoms with Gasteiger partial charge in [-0.25, -0.2) is 0 Å². The highest BCUT2D eigenvalue weighted by Gasteiger charge is 2.11. The van der Waals surface area contributed by atoms with E-state index in [1.807, 2.05) is 26.0 Å². The van der Waals surface area contributed by atoms with E-state index < -0.39 is 0 Å². The van der Waals surface area contributed by atoms with Crippen LogP contribution >= 0.6 is 0 Å². The molecule has 0 bridgehead atoms. The molecule has 1 unspecified atom stereocenters. The van der Waals surface area contributed by atoms with Gasteiger partial charge >= 0.3 is 5.97 Å². The number of esters is 1. The Balaban J connectivity index is 2.02. The Hall–Kier alpha value is -2.89. The van der Waals surface area contributed by atoms with Crippen LogP contribution in [0, 0.1) is 5.92 Å². The molecular weight excluding hydrogens is 318 g/mol. The second kappa shape index (κ2) is 8.82. The summed E-state index contributed by atoms with van der Waals surface area (Å²) in [5, 5.41) is 18.1. The third kappa shape index (κ3) is 5.31. The number of hydrogen-bond donors (Lipinski definition) is 2. The number of carbonyl (C=O) groups excluding carboxylic acids is 1. The largest absolute Gasteiger partial charge is 0.506 e. The Bertz CT molecular complexity index is 759. The predicted octanol–water partition coefficient (Wildman–Crippen LogP) is 4.52. The molecule has 132 valence electrons. The van der Waals surface area contributed by atoms with Crippen LogP contribution in [0.25, 0.3) is 0 Å². The van der Waals surface area contributed by atoms with E-state index in [2.05, 4.69) is 10.2 Å². The summed E-state index contributed by atoms with van der Waals surface area (Å²) in [6.07, 6.45) is 1.30. The summed E-state index contributed by atoms with van der Waals surface area (Å²) in [5.41, 5.74) is 8.10. The lowest BCUT2D eigenvalue weighted by Crippen LogP contribution is -2.15. The van der Waals surface area contributed by atoms with Crippen LogP contribution in [0.5, 0.6) is 5.75 Å². The first kappa shape index (κ1) is 18.4. The normalized spacial score (nSPS) is 12.2. The third-order valence-corrected chi connectivity index (χ3v) is 3.89. The molecule has 0 heterocycles. The van der Waals surface area contributed by atoms with Crippen LogP contribution in [0.3, 0.4) is 0 Å². The molecule has 0 aromatic heterocycles. The summed E-state index contributed by atoms with van der Waals surface area (Å²) in [7, 11) is 0. The maximum atomic E-state index is 11.7. The Morgan fingerprint density at radius 1 is 1.20 bits per heavy atom. The number of phenolic OH excluding ortho intramolecular Hbond substituents is 1. The van der Waals surface area contributed by atoms with Crippen LogP contribution in [-0.4, -0.2) is 17.7 Å². The molecule has 0 aliphatic rings. The lowest BCUT2D eigenvalue weighted by atomic mass is 10.1. The Kier molecular flexibility index (Phi) is 6.51. The van der Waals surface area contributed by atoms with Crippen molar-refractivity contribution < 1.29 is 14.6 Å². The van der Waals surface area contributed by atoms with Crippen molar-refractivity contribution in [3.8, 4) is 5.75 Å². The number of carbonyl (C=O) groups is 1. The van der Waals surface area contributed by atoms with E-state index in [0.717, 1.165) is 12.0 Å². The van der Waals surface area contributed by atoms with Gasteiger partial charge in [-0.15, -0.1) is 10.2 Å². The number of hydrogen-bond acceptors (Lipinski definition) is 6. The van der Waals surface area contributed by atoms with E-state index in [0.29, 0.717) is 23.5 Å². The fraction of sp³-hybridized carbons (Fsp3) is 0.316. The standard InChI is InChI=1S/C19H23N3O3/c1-3-13(2)19(24)25-11-10-14-8-9-18(23)17(12-14)22-21-16-7-5-4-6-15(16)20/h4-9,12-13,23H,3,10-11,20H2,1-2H3. The van der Waals surface area contributed by atoms with Gasteiger partial charge in [-0.1, -0.05) is 32.0 Å². The van der Waals surface area contributed by atoms with Crippen LogP contribution in [0.1, 0.15) is 25.8 Å². The first-order chi connectivity index (χ1) is 12.0. The van der Waals surface area contributed by atoms with Crippen LogP contribution in [0.2, 0.25) is 0 Å². The fourth-order valence-electron chi connectivity index (χ4n) is 2.07. The van der Waals surface area contributed by atoms with Gasteiger partial charge < -0.3 is 15.6 Å². The SMILES string of the molecule is CCC(C)C(=O)OCCc1ccc(O)c(N=Nc2ccccc2N)c1. The van der Waals surface area contributed by atoms with Gasteiger partial charge in [-0.3, -0.25) is 4.79 Å². The molecule has 0 aliphatic carbocycles. The van der Waals surface area contributed by atoms with E-state index in [4.69, 9.17) is 10.5 Å². The van der Waals surface area contributed by atoms with Crippen molar-refractivity contribution in [2.45, 2.75) is 26.7 Å². The number of benzene rings is 2. The van der Waals surface area contributed by atoms with Gasteiger partial charge in [0.2, 0.25) is 0 Å². The zero-order valence-corrected chi connectivity index (χ0v) is 14.5. The highest BCUT2D eigenvalue weighted by Crippen LogP contribution is 2.30. The maximum Gasteiger partial charge on any atom is 0.308 e. The zero-order valence-electron chi connectivity index (χ0n) is 14.5. The van der Waals surface area contributed by atoms with Crippen molar-refractivity contribution in [3.63, 3.8) is 0 Å². The smallest absolute Gasteiger partial charge is 0.308 e. The zero-order chi connectivity index (χ0) is 18.2. The van der Waals surface area contributed by atoms with E-state index in [1.165, 1.54) is 0 Å². The van der Waals surface area contributed by atoms with Crippen molar-refractivity contribution in [3.05, 3.63) is 48.0 Å². The molecule has 0 saturated heterocycles. The number of ether oxygens (including phenoxy) is 1. The van der Waals surface area contributed by atoms with Crippen LogP contribution in [0.4, 0.5) is 17.1 Å². The summed E-state index contributed by atoms with van der Waals surface area (Å²) < 4.78 is 5.24. The molecule has 0 radical (unpaired) electrons. The van der Waals surface area contributed by atoms with Crippen molar-refractivity contribution in [1.82, 2.24) is 0 Å². The molecule has 2 rings (SSSR count). The number of nitrogen functional groups attached to an aromatic ring is 1. The predicted molar refractivity (Wildman–Crippen MR) is 97.3 cm³/mol. The molecule has 0 saturated carbocycles.